The van der Waals surface area contributed by atoms with Crippen molar-refractivity contribution in [2.45, 2.75) is 39.7 Å². The molecule has 1 aliphatic rings. The highest BCUT2D eigenvalue weighted by Crippen LogP contribution is 2.26. The second kappa shape index (κ2) is 6.21. The largest absolute Gasteiger partial charge is 0.336 e. The van der Waals surface area contributed by atoms with Gasteiger partial charge in [0.15, 0.2) is 0 Å². The van der Waals surface area contributed by atoms with E-state index in [0.717, 1.165) is 34.8 Å². The Morgan fingerprint density at radius 2 is 1.95 bits per heavy atom. The van der Waals surface area contributed by atoms with E-state index in [2.05, 4.69) is 18.8 Å². The zero-order chi connectivity index (χ0) is 15.7. The molecule has 0 unspecified atom stereocenters. The van der Waals surface area contributed by atoms with Gasteiger partial charge >= 0.3 is 0 Å². The van der Waals surface area contributed by atoms with E-state index < -0.39 is 0 Å². The zero-order valence-electron chi connectivity index (χ0n) is 13.4. The molecule has 1 aliphatic heterocycles. The summed E-state index contributed by atoms with van der Waals surface area (Å²) in [5.41, 5.74) is 2.89. The van der Waals surface area contributed by atoms with E-state index >= 15 is 0 Å². The van der Waals surface area contributed by atoms with E-state index in [4.69, 9.17) is 0 Å². The van der Waals surface area contributed by atoms with E-state index in [1.165, 1.54) is 6.42 Å². The zero-order valence-corrected chi connectivity index (χ0v) is 14.2. The molecule has 3 nitrogen and oxygen atoms in total. The standard InChI is InChI=1S/C18H22N2OS/c1-12-4-5-14(3)20(10-12)18(21)16-8-6-15(7-9-16)17-19-13(2)11-22-17/h6-9,11-12,14H,4-5,10H2,1-3H3/t12-,14-/m1/s1. The van der Waals surface area contributed by atoms with Crippen molar-refractivity contribution in [1.82, 2.24) is 9.88 Å². The monoisotopic (exact) mass is 314 g/mol. The molecule has 0 radical (unpaired) electrons. The Bertz CT molecular complexity index is 662. The molecule has 1 aromatic carbocycles. The van der Waals surface area contributed by atoms with Gasteiger partial charge in [-0.1, -0.05) is 19.1 Å². The first-order valence-corrected chi connectivity index (χ1v) is 8.76. The fraction of sp³-hybridized carbons (Fsp3) is 0.444. The molecule has 0 aliphatic carbocycles. The van der Waals surface area contributed by atoms with Crippen LogP contribution in [-0.2, 0) is 0 Å². The van der Waals surface area contributed by atoms with Crippen LogP contribution in [0, 0.1) is 12.8 Å². The van der Waals surface area contributed by atoms with Crippen LogP contribution in [0.3, 0.4) is 0 Å². The number of nitrogens with zero attached hydrogens (tertiary/aromatic N) is 2. The molecular formula is C18H22N2OS. The third-order valence-corrected chi connectivity index (χ3v) is 5.39. The van der Waals surface area contributed by atoms with Crippen LogP contribution in [-0.4, -0.2) is 28.4 Å². The van der Waals surface area contributed by atoms with Gasteiger partial charge in [0, 0.05) is 34.8 Å². The molecule has 2 aromatic rings. The van der Waals surface area contributed by atoms with Gasteiger partial charge in [-0.25, -0.2) is 4.98 Å². The summed E-state index contributed by atoms with van der Waals surface area (Å²) in [4.78, 5) is 19.2. The maximum Gasteiger partial charge on any atom is 0.254 e. The van der Waals surface area contributed by atoms with Crippen molar-refractivity contribution in [2.75, 3.05) is 6.54 Å². The van der Waals surface area contributed by atoms with Crippen LogP contribution in [0.15, 0.2) is 29.6 Å². The molecule has 116 valence electrons. The Kier molecular flexibility index (Phi) is 4.30. The summed E-state index contributed by atoms with van der Waals surface area (Å²) in [6, 6.07) is 8.21. The second-order valence-corrected chi connectivity index (χ2v) is 7.22. The number of hydrogen-bond acceptors (Lipinski definition) is 3. The van der Waals surface area contributed by atoms with Crippen molar-refractivity contribution in [3.05, 3.63) is 40.9 Å². The lowest BCUT2D eigenvalue weighted by atomic mass is 9.94. The van der Waals surface area contributed by atoms with Crippen molar-refractivity contribution in [2.24, 2.45) is 5.92 Å². The summed E-state index contributed by atoms with van der Waals surface area (Å²) in [7, 11) is 0. The predicted molar refractivity (Wildman–Crippen MR) is 91.2 cm³/mol. The third kappa shape index (κ3) is 3.07. The van der Waals surface area contributed by atoms with Gasteiger partial charge in [0.2, 0.25) is 0 Å². The first-order chi connectivity index (χ1) is 10.5. The number of carbonyl (C=O) groups is 1. The SMILES string of the molecule is Cc1csc(-c2ccc(C(=O)N3C[C@H](C)CC[C@H]3C)cc2)n1. The maximum absolute atomic E-state index is 12.7. The first-order valence-electron chi connectivity index (χ1n) is 7.88. The number of rotatable bonds is 2. The van der Waals surface area contributed by atoms with Gasteiger partial charge < -0.3 is 4.90 Å². The number of likely N-dealkylation sites (tertiary alicyclic amines) is 1. The molecular weight excluding hydrogens is 292 g/mol. The van der Waals surface area contributed by atoms with Gasteiger partial charge in [-0.15, -0.1) is 11.3 Å². The van der Waals surface area contributed by atoms with E-state index in [0.29, 0.717) is 12.0 Å². The Morgan fingerprint density at radius 1 is 1.23 bits per heavy atom. The Labute approximate surface area is 136 Å². The van der Waals surface area contributed by atoms with Gasteiger partial charge in [-0.3, -0.25) is 4.79 Å². The summed E-state index contributed by atoms with van der Waals surface area (Å²) < 4.78 is 0. The molecule has 1 fully saturated rings. The van der Waals surface area contributed by atoms with Crippen LogP contribution >= 0.6 is 11.3 Å². The summed E-state index contributed by atoms with van der Waals surface area (Å²) in [5.74, 6) is 0.749. The van der Waals surface area contributed by atoms with E-state index in [-0.39, 0.29) is 5.91 Å². The maximum atomic E-state index is 12.7. The second-order valence-electron chi connectivity index (χ2n) is 6.36. The van der Waals surface area contributed by atoms with Crippen LogP contribution in [0.2, 0.25) is 0 Å². The van der Waals surface area contributed by atoms with Crippen molar-refractivity contribution in [1.29, 1.82) is 0 Å². The highest BCUT2D eigenvalue weighted by Gasteiger charge is 2.27. The number of aryl methyl sites for hydroxylation is 1. The molecule has 3 rings (SSSR count). The average molecular weight is 314 g/mol. The minimum absolute atomic E-state index is 0.154. The third-order valence-electron chi connectivity index (χ3n) is 4.38. The van der Waals surface area contributed by atoms with Crippen LogP contribution in [0.1, 0.15) is 42.7 Å². The smallest absolute Gasteiger partial charge is 0.254 e. The van der Waals surface area contributed by atoms with Crippen LogP contribution in [0.4, 0.5) is 0 Å². The molecule has 22 heavy (non-hydrogen) atoms. The molecule has 1 amide bonds. The molecule has 0 bridgehead atoms. The minimum atomic E-state index is 0.154. The van der Waals surface area contributed by atoms with E-state index in [9.17, 15) is 4.79 Å². The van der Waals surface area contributed by atoms with Gasteiger partial charge in [0.25, 0.3) is 5.91 Å². The van der Waals surface area contributed by atoms with Crippen molar-refractivity contribution < 1.29 is 4.79 Å². The van der Waals surface area contributed by atoms with Gasteiger partial charge in [-0.2, -0.15) is 0 Å². The number of piperidine rings is 1. The lowest BCUT2D eigenvalue weighted by Gasteiger charge is -2.36. The van der Waals surface area contributed by atoms with E-state index in [1.54, 1.807) is 11.3 Å². The Balaban J connectivity index is 1.78. The first kappa shape index (κ1) is 15.2. The lowest BCUT2D eigenvalue weighted by molar-refractivity contribution is 0.0574. The summed E-state index contributed by atoms with van der Waals surface area (Å²) in [6.45, 7) is 7.24. The molecule has 0 N–H and O–H groups in total. The quantitative estimate of drug-likeness (QED) is 0.824. The van der Waals surface area contributed by atoms with Crippen molar-refractivity contribution >= 4 is 17.2 Å². The highest BCUT2D eigenvalue weighted by atomic mass is 32.1. The predicted octanol–water partition coefficient (Wildman–Crippen LogP) is 4.38. The fourth-order valence-corrected chi connectivity index (χ4v) is 3.78. The molecule has 1 aromatic heterocycles. The number of thiazole rings is 1. The molecule has 0 saturated carbocycles. The van der Waals surface area contributed by atoms with Crippen LogP contribution in [0.5, 0.6) is 0 Å². The van der Waals surface area contributed by atoms with Crippen molar-refractivity contribution in [3.8, 4) is 10.6 Å². The summed E-state index contributed by atoms with van der Waals surface area (Å²) >= 11 is 1.64. The van der Waals surface area contributed by atoms with Gasteiger partial charge in [-0.05, 0) is 44.7 Å². The number of aromatic nitrogens is 1. The van der Waals surface area contributed by atoms with Gasteiger partial charge in [0.05, 0.1) is 0 Å². The number of amides is 1. The fourth-order valence-electron chi connectivity index (χ4n) is 2.98. The van der Waals surface area contributed by atoms with Crippen LogP contribution in [0.25, 0.3) is 10.6 Å². The molecule has 1 saturated heterocycles. The number of benzene rings is 1. The lowest BCUT2D eigenvalue weighted by Crippen LogP contribution is -2.44. The van der Waals surface area contributed by atoms with Gasteiger partial charge in [0.1, 0.15) is 5.01 Å². The minimum Gasteiger partial charge on any atom is -0.336 e. The number of carbonyl (C=O) groups excluding carboxylic acids is 1. The topological polar surface area (TPSA) is 33.2 Å². The Hall–Kier alpha value is -1.68. The van der Waals surface area contributed by atoms with Crippen LogP contribution < -0.4 is 0 Å². The highest BCUT2D eigenvalue weighted by molar-refractivity contribution is 7.13. The Morgan fingerprint density at radius 3 is 2.59 bits per heavy atom. The number of hydrogen-bond donors (Lipinski definition) is 0. The molecule has 4 heteroatoms. The molecule has 2 atom stereocenters. The van der Waals surface area contributed by atoms with E-state index in [1.807, 2.05) is 41.5 Å². The molecule has 0 spiro atoms. The average Bonchev–Trinajstić information content (AvgIpc) is 2.96. The molecule has 2 heterocycles. The summed E-state index contributed by atoms with van der Waals surface area (Å²) in [5, 5.41) is 3.06. The van der Waals surface area contributed by atoms with Crippen molar-refractivity contribution in [3.63, 3.8) is 0 Å². The summed E-state index contributed by atoms with van der Waals surface area (Å²) in [6.07, 6.45) is 2.32. The normalized spacial score (nSPS) is 21.9.